The maximum absolute atomic E-state index is 9.55. The summed E-state index contributed by atoms with van der Waals surface area (Å²) in [4.78, 5) is 0. The maximum atomic E-state index is 9.55. The summed E-state index contributed by atoms with van der Waals surface area (Å²) in [6.45, 7) is 6.67. The summed E-state index contributed by atoms with van der Waals surface area (Å²) in [5, 5.41) is 27.5. The standard InChI is InChI=1S/C9H18O3/c1-4-9(3,6-10)8(12)5-7(2)11/h4,7-8,10-12H,1,5-6H2,2-3H3/t7-,8+,9+/m0/s1. The molecule has 3 atom stereocenters. The van der Waals surface area contributed by atoms with Crippen LogP contribution in [0.4, 0.5) is 0 Å². The van der Waals surface area contributed by atoms with Crippen molar-refractivity contribution in [2.75, 3.05) is 6.61 Å². The van der Waals surface area contributed by atoms with E-state index in [-0.39, 0.29) is 13.0 Å². The second-order valence-electron chi connectivity index (χ2n) is 3.47. The molecule has 0 amide bonds. The molecule has 0 saturated heterocycles. The van der Waals surface area contributed by atoms with Crippen LogP contribution in [0.1, 0.15) is 20.3 Å². The topological polar surface area (TPSA) is 60.7 Å². The first-order valence-corrected chi connectivity index (χ1v) is 4.07. The van der Waals surface area contributed by atoms with Gasteiger partial charge in [0.15, 0.2) is 0 Å². The van der Waals surface area contributed by atoms with Gasteiger partial charge in [-0.15, -0.1) is 6.58 Å². The zero-order valence-electron chi connectivity index (χ0n) is 7.70. The van der Waals surface area contributed by atoms with Crippen molar-refractivity contribution in [3.05, 3.63) is 12.7 Å². The van der Waals surface area contributed by atoms with Gasteiger partial charge in [-0.05, 0) is 13.3 Å². The molecule has 3 nitrogen and oxygen atoms in total. The van der Waals surface area contributed by atoms with Crippen LogP contribution in [0.3, 0.4) is 0 Å². The average molecular weight is 174 g/mol. The van der Waals surface area contributed by atoms with Gasteiger partial charge >= 0.3 is 0 Å². The SMILES string of the molecule is C=C[C@](C)(CO)[C@H](O)C[C@H](C)O. The normalized spacial score (nSPS) is 21.1. The monoisotopic (exact) mass is 174 g/mol. The minimum Gasteiger partial charge on any atom is -0.395 e. The largest absolute Gasteiger partial charge is 0.395 e. The summed E-state index contributed by atoms with van der Waals surface area (Å²) in [5.41, 5.74) is -0.711. The molecule has 0 aliphatic carbocycles. The first-order valence-electron chi connectivity index (χ1n) is 4.07. The van der Waals surface area contributed by atoms with Crippen LogP contribution >= 0.6 is 0 Å². The molecule has 0 aromatic carbocycles. The summed E-state index contributed by atoms with van der Waals surface area (Å²) in [7, 11) is 0. The first kappa shape index (κ1) is 11.6. The highest BCUT2D eigenvalue weighted by molar-refractivity contribution is 4.96. The van der Waals surface area contributed by atoms with Gasteiger partial charge in [-0.1, -0.05) is 13.0 Å². The van der Waals surface area contributed by atoms with Crippen molar-refractivity contribution in [1.82, 2.24) is 0 Å². The van der Waals surface area contributed by atoms with Gasteiger partial charge in [0.05, 0.1) is 18.8 Å². The Bertz CT molecular complexity index is 145. The van der Waals surface area contributed by atoms with E-state index in [9.17, 15) is 5.11 Å². The fourth-order valence-electron chi connectivity index (χ4n) is 0.898. The van der Waals surface area contributed by atoms with E-state index < -0.39 is 17.6 Å². The van der Waals surface area contributed by atoms with Gasteiger partial charge in [-0.25, -0.2) is 0 Å². The minimum atomic E-state index is -0.750. The number of aliphatic hydroxyl groups is 3. The summed E-state index contributed by atoms with van der Waals surface area (Å²) >= 11 is 0. The lowest BCUT2D eigenvalue weighted by Gasteiger charge is -2.29. The van der Waals surface area contributed by atoms with Crippen molar-refractivity contribution < 1.29 is 15.3 Å². The summed E-state index contributed by atoms with van der Waals surface area (Å²) in [5.74, 6) is 0. The van der Waals surface area contributed by atoms with E-state index in [0.717, 1.165) is 0 Å². The summed E-state index contributed by atoms with van der Waals surface area (Å²) < 4.78 is 0. The third-order valence-corrected chi connectivity index (χ3v) is 2.13. The Morgan fingerprint density at radius 2 is 2.00 bits per heavy atom. The molecular weight excluding hydrogens is 156 g/mol. The van der Waals surface area contributed by atoms with Gasteiger partial charge in [0.1, 0.15) is 0 Å². The molecular formula is C9H18O3. The van der Waals surface area contributed by atoms with E-state index in [1.54, 1.807) is 13.8 Å². The third-order valence-electron chi connectivity index (χ3n) is 2.13. The lowest BCUT2D eigenvalue weighted by molar-refractivity contribution is -0.00310. The van der Waals surface area contributed by atoms with Crippen LogP contribution < -0.4 is 0 Å². The maximum Gasteiger partial charge on any atom is 0.0674 e. The Hall–Kier alpha value is -0.380. The van der Waals surface area contributed by atoms with E-state index in [1.165, 1.54) is 6.08 Å². The van der Waals surface area contributed by atoms with E-state index in [1.807, 2.05) is 0 Å². The molecule has 0 aromatic heterocycles. The van der Waals surface area contributed by atoms with Gasteiger partial charge in [0, 0.05) is 5.41 Å². The Balaban J connectivity index is 4.21. The minimum absolute atomic E-state index is 0.162. The number of hydrogen-bond acceptors (Lipinski definition) is 3. The highest BCUT2D eigenvalue weighted by Crippen LogP contribution is 2.25. The highest BCUT2D eigenvalue weighted by atomic mass is 16.3. The van der Waals surface area contributed by atoms with Crippen molar-refractivity contribution in [1.29, 1.82) is 0 Å². The summed E-state index contributed by atoms with van der Waals surface area (Å²) in [6.07, 6.45) is 0.453. The predicted molar refractivity (Wildman–Crippen MR) is 47.7 cm³/mol. The molecule has 0 fully saturated rings. The molecule has 0 aliphatic heterocycles. The zero-order valence-corrected chi connectivity index (χ0v) is 7.70. The van der Waals surface area contributed by atoms with Gasteiger partial charge in [0.25, 0.3) is 0 Å². The van der Waals surface area contributed by atoms with Crippen LogP contribution in [0.25, 0.3) is 0 Å². The van der Waals surface area contributed by atoms with Gasteiger partial charge < -0.3 is 15.3 Å². The molecule has 0 aromatic rings. The lowest BCUT2D eigenvalue weighted by Crippen LogP contribution is -2.35. The quantitative estimate of drug-likeness (QED) is 0.525. The molecule has 72 valence electrons. The Morgan fingerprint density at radius 3 is 2.25 bits per heavy atom. The fourth-order valence-corrected chi connectivity index (χ4v) is 0.898. The zero-order chi connectivity index (χ0) is 9.78. The van der Waals surface area contributed by atoms with Crippen molar-refractivity contribution in [3.8, 4) is 0 Å². The van der Waals surface area contributed by atoms with Crippen LogP contribution in [-0.4, -0.2) is 34.1 Å². The molecule has 0 heterocycles. The van der Waals surface area contributed by atoms with Gasteiger partial charge in [0.2, 0.25) is 0 Å². The van der Waals surface area contributed by atoms with Gasteiger partial charge in [-0.3, -0.25) is 0 Å². The highest BCUT2D eigenvalue weighted by Gasteiger charge is 2.29. The number of aliphatic hydroxyl groups excluding tert-OH is 3. The Morgan fingerprint density at radius 1 is 1.50 bits per heavy atom. The molecule has 3 heteroatoms. The van der Waals surface area contributed by atoms with Crippen LogP contribution in [-0.2, 0) is 0 Å². The molecule has 12 heavy (non-hydrogen) atoms. The van der Waals surface area contributed by atoms with Crippen LogP contribution in [0.15, 0.2) is 12.7 Å². The molecule has 0 aliphatic rings. The molecule has 0 saturated carbocycles. The summed E-state index contributed by atoms with van der Waals surface area (Å²) in [6, 6.07) is 0. The molecule has 0 unspecified atom stereocenters. The van der Waals surface area contributed by atoms with E-state index in [0.29, 0.717) is 0 Å². The molecule has 3 N–H and O–H groups in total. The lowest BCUT2D eigenvalue weighted by atomic mass is 9.83. The van der Waals surface area contributed by atoms with Crippen molar-refractivity contribution in [3.63, 3.8) is 0 Å². The van der Waals surface area contributed by atoms with Crippen molar-refractivity contribution in [2.45, 2.75) is 32.5 Å². The molecule has 0 bridgehead atoms. The van der Waals surface area contributed by atoms with Crippen molar-refractivity contribution >= 4 is 0 Å². The fraction of sp³-hybridized carbons (Fsp3) is 0.778. The van der Waals surface area contributed by atoms with Crippen LogP contribution in [0.5, 0.6) is 0 Å². The van der Waals surface area contributed by atoms with Crippen LogP contribution in [0.2, 0.25) is 0 Å². The van der Waals surface area contributed by atoms with Crippen molar-refractivity contribution in [2.24, 2.45) is 5.41 Å². The smallest absolute Gasteiger partial charge is 0.0674 e. The molecule has 0 radical (unpaired) electrons. The molecule has 0 rings (SSSR count). The first-order chi connectivity index (χ1) is 5.46. The molecule has 0 spiro atoms. The third kappa shape index (κ3) is 2.93. The van der Waals surface area contributed by atoms with E-state index in [2.05, 4.69) is 6.58 Å². The predicted octanol–water partition coefficient (Wildman–Crippen LogP) is 0.303. The Labute approximate surface area is 73.4 Å². The van der Waals surface area contributed by atoms with Gasteiger partial charge in [-0.2, -0.15) is 0 Å². The van der Waals surface area contributed by atoms with E-state index in [4.69, 9.17) is 10.2 Å². The number of rotatable bonds is 5. The Kier molecular flexibility index (Phi) is 4.45. The average Bonchev–Trinajstić information content (AvgIpc) is 2.02. The second-order valence-corrected chi connectivity index (χ2v) is 3.47. The second kappa shape index (κ2) is 4.60. The van der Waals surface area contributed by atoms with Crippen LogP contribution in [0, 0.1) is 5.41 Å². The van der Waals surface area contributed by atoms with E-state index >= 15 is 0 Å². The number of hydrogen-bond donors (Lipinski definition) is 3.